The number of hydrogen-bond donors (Lipinski definition) is 0. The van der Waals surface area contributed by atoms with Crippen LogP contribution >= 0.6 is 0 Å². The summed E-state index contributed by atoms with van der Waals surface area (Å²) in [5.41, 5.74) is 0. The van der Waals surface area contributed by atoms with Gasteiger partial charge in [0.25, 0.3) is 0 Å². The molecule has 4 heteroatoms. The summed E-state index contributed by atoms with van der Waals surface area (Å²) >= 11 is 0. The van der Waals surface area contributed by atoms with Gasteiger partial charge < -0.3 is 0 Å². The topological polar surface area (TPSA) is 0 Å². The first-order valence-electron chi connectivity index (χ1n) is 0. The molecule has 0 N–H and O–H groups in total. The van der Waals surface area contributed by atoms with Crippen LogP contribution in [0.4, 0.5) is 0 Å². The van der Waals surface area contributed by atoms with Crippen molar-refractivity contribution in [2.24, 2.45) is 0 Å². The molecule has 0 atom stereocenters. The molecular weight excluding hydrogens is 412 g/mol. The zero-order valence-corrected chi connectivity index (χ0v) is 7.89. The van der Waals surface area contributed by atoms with E-state index in [2.05, 4.69) is 0 Å². The SMILES string of the molecule is [Rh].[Rh].[Rh].[Rh]. The van der Waals surface area contributed by atoms with Gasteiger partial charge in [-0.1, -0.05) is 0 Å². The van der Waals surface area contributed by atoms with Gasteiger partial charge in [-0.3, -0.25) is 0 Å². The van der Waals surface area contributed by atoms with Crippen LogP contribution < -0.4 is 0 Å². The van der Waals surface area contributed by atoms with Crippen molar-refractivity contribution >= 4 is 0 Å². The smallest absolute Gasteiger partial charge is 0 e. The summed E-state index contributed by atoms with van der Waals surface area (Å²) in [7, 11) is 0. The summed E-state index contributed by atoms with van der Waals surface area (Å²) < 4.78 is 0. The minimum absolute atomic E-state index is 0. The number of rotatable bonds is 0. The Kier molecular flexibility index (Phi) is 141. The maximum atomic E-state index is 0. The quantitative estimate of drug-likeness (QED) is 0.492. The summed E-state index contributed by atoms with van der Waals surface area (Å²) in [5, 5.41) is 0. The normalized spacial score (nSPS) is 0. The summed E-state index contributed by atoms with van der Waals surface area (Å²) in [6.07, 6.45) is 0. The predicted octanol–water partition coefficient (Wildman–Crippen LogP) is -0.0100. The molecule has 0 aliphatic rings. The van der Waals surface area contributed by atoms with Gasteiger partial charge in [-0.05, 0) is 0 Å². The van der Waals surface area contributed by atoms with Gasteiger partial charge in [-0.15, -0.1) is 0 Å². The fourth-order valence-electron chi connectivity index (χ4n) is 0. The van der Waals surface area contributed by atoms with E-state index in [4.69, 9.17) is 0 Å². The van der Waals surface area contributed by atoms with Crippen molar-refractivity contribution in [3.05, 3.63) is 0 Å². The van der Waals surface area contributed by atoms with Crippen molar-refractivity contribution in [3.8, 4) is 0 Å². The molecule has 4 radical (unpaired) electrons. The number of hydrogen-bond acceptors (Lipinski definition) is 0. The van der Waals surface area contributed by atoms with E-state index in [0.29, 0.717) is 0 Å². The standard InChI is InChI=1S/4Rh. The van der Waals surface area contributed by atoms with Gasteiger partial charge in [-0.2, -0.15) is 0 Å². The third-order valence-corrected chi connectivity index (χ3v) is 0. The minimum atomic E-state index is 0. The Morgan fingerprint density at radius 3 is 0.250 bits per heavy atom. The molecule has 0 saturated heterocycles. The monoisotopic (exact) mass is 412 g/mol. The van der Waals surface area contributed by atoms with E-state index in [0.717, 1.165) is 0 Å². The molecule has 4 heavy (non-hydrogen) atoms. The minimum Gasteiger partial charge on any atom is 0 e. The third kappa shape index (κ3) is 8.82. The molecule has 0 saturated carbocycles. The zero-order chi connectivity index (χ0) is 0. The second-order valence-electron chi connectivity index (χ2n) is 0. The average molecular weight is 412 g/mol. The van der Waals surface area contributed by atoms with Crippen LogP contribution in [0.2, 0.25) is 0 Å². The fraction of sp³-hybridized carbons (Fsp3) is 0. The van der Waals surface area contributed by atoms with Crippen molar-refractivity contribution in [2.45, 2.75) is 0 Å². The van der Waals surface area contributed by atoms with E-state index < -0.39 is 0 Å². The van der Waals surface area contributed by atoms with E-state index in [9.17, 15) is 0 Å². The van der Waals surface area contributed by atoms with E-state index >= 15 is 0 Å². The van der Waals surface area contributed by atoms with Crippen molar-refractivity contribution in [1.82, 2.24) is 0 Å². The molecular formula is Rh4. The van der Waals surface area contributed by atoms with Gasteiger partial charge in [0.05, 0.1) is 0 Å². The van der Waals surface area contributed by atoms with Crippen molar-refractivity contribution < 1.29 is 77.9 Å². The molecule has 0 heterocycles. The Morgan fingerprint density at radius 2 is 0.250 bits per heavy atom. The van der Waals surface area contributed by atoms with E-state index in [1.165, 1.54) is 0 Å². The van der Waals surface area contributed by atoms with Crippen LogP contribution in [0, 0.1) is 0 Å². The molecule has 0 bridgehead atoms. The van der Waals surface area contributed by atoms with Crippen LogP contribution in [0.25, 0.3) is 0 Å². The van der Waals surface area contributed by atoms with Gasteiger partial charge in [0.1, 0.15) is 0 Å². The molecule has 36 valence electrons. The molecule has 0 amide bonds. The first kappa shape index (κ1) is 31.5. The molecule has 0 spiro atoms. The molecule has 0 aliphatic carbocycles. The summed E-state index contributed by atoms with van der Waals surface area (Å²) in [5.74, 6) is 0. The Bertz CT molecular complexity index is 0. The second-order valence-corrected chi connectivity index (χ2v) is 0. The molecule has 0 rings (SSSR count). The van der Waals surface area contributed by atoms with Gasteiger partial charge in [-0.25, -0.2) is 0 Å². The third-order valence-electron chi connectivity index (χ3n) is 0. The van der Waals surface area contributed by atoms with Crippen LogP contribution in [-0.2, 0) is 77.9 Å². The molecule has 0 nitrogen and oxygen atoms in total. The van der Waals surface area contributed by atoms with Gasteiger partial charge in [0.15, 0.2) is 0 Å². The van der Waals surface area contributed by atoms with Gasteiger partial charge in [0, 0.05) is 77.9 Å². The maximum absolute atomic E-state index is 0. The van der Waals surface area contributed by atoms with Gasteiger partial charge in [0.2, 0.25) is 0 Å². The molecule has 0 aromatic rings. The Hall–Kier alpha value is 2.49. The van der Waals surface area contributed by atoms with Crippen LogP contribution in [0.15, 0.2) is 0 Å². The molecule has 0 aromatic carbocycles. The molecule has 0 fully saturated rings. The average Bonchev–Trinajstić information content (AvgIpc) is 0. The Labute approximate surface area is 76.9 Å². The largest absolute Gasteiger partial charge is 0 e. The van der Waals surface area contributed by atoms with Crippen LogP contribution in [0.1, 0.15) is 0 Å². The van der Waals surface area contributed by atoms with Crippen LogP contribution in [0.5, 0.6) is 0 Å². The molecule has 0 aliphatic heterocycles. The predicted molar refractivity (Wildman–Crippen MR) is 0 cm³/mol. The van der Waals surface area contributed by atoms with E-state index in [1.54, 1.807) is 0 Å². The maximum Gasteiger partial charge on any atom is 0 e. The van der Waals surface area contributed by atoms with Crippen LogP contribution in [-0.4, -0.2) is 0 Å². The molecule has 0 aromatic heterocycles. The zero-order valence-electron chi connectivity index (χ0n) is 1.33. The van der Waals surface area contributed by atoms with E-state index in [1.807, 2.05) is 0 Å². The van der Waals surface area contributed by atoms with Crippen LogP contribution in [0.3, 0.4) is 0 Å². The van der Waals surface area contributed by atoms with Crippen molar-refractivity contribution in [2.75, 3.05) is 0 Å². The van der Waals surface area contributed by atoms with Crippen molar-refractivity contribution in [1.29, 1.82) is 0 Å². The van der Waals surface area contributed by atoms with Crippen molar-refractivity contribution in [3.63, 3.8) is 0 Å². The first-order chi connectivity index (χ1) is 0. The fourth-order valence-corrected chi connectivity index (χ4v) is 0. The Balaban J connectivity index is 0. The second kappa shape index (κ2) is 17.8. The summed E-state index contributed by atoms with van der Waals surface area (Å²) in [4.78, 5) is 0. The van der Waals surface area contributed by atoms with E-state index in [-0.39, 0.29) is 77.9 Å². The summed E-state index contributed by atoms with van der Waals surface area (Å²) in [6, 6.07) is 0. The van der Waals surface area contributed by atoms with Gasteiger partial charge >= 0.3 is 0 Å². The first-order valence-corrected chi connectivity index (χ1v) is 0. The molecule has 0 unspecified atom stereocenters. The Morgan fingerprint density at radius 1 is 0.250 bits per heavy atom. The summed E-state index contributed by atoms with van der Waals surface area (Å²) in [6.45, 7) is 0.